The van der Waals surface area contributed by atoms with Gasteiger partial charge in [0.15, 0.2) is 0 Å². The van der Waals surface area contributed by atoms with Gasteiger partial charge < -0.3 is 5.11 Å². The maximum absolute atomic E-state index is 12.5. The van der Waals surface area contributed by atoms with Gasteiger partial charge in [0.25, 0.3) is 0 Å². The fourth-order valence-corrected chi connectivity index (χ4v) is 3.19. The van der Waals surface area contributed by atoms with Crippen molar-refractivity contribution >= 4 is 21.6 Å². The van der Waals surface area contributed by atoms with Crippen LogP contribution < -0.4 is 0 Å². The topological polar surface area (TPSA) is 37.3 Å². The van der Waals surface area contributed by atoms with Gasteiger partial charge in [-0.3, -0.25) is 0 Å². The Labute approximate surface area is 113 Å². The van der Waals surface area contributed by atoms with Crippen molar-refractivity contribution < 1.29 is 9.32 Å². The van der Waals surface area contributed by atoms with Crippen LogP contribution in [0.25, 0.3) is 10.8 Å². The summed E-state index contributed by atoms with van der Waals surface area (Å²) in [5.74, 6) is 0.0975. The van der Waals surface area contributed by atoms with E-state index in [1.165, 1.54) is 0 Å². The van der Waals surface area contributed by atoms with Crippen molar-refractivity contribution in [3.05, 3.63) is 66.7 Å². The standard InChI is InChI=1S/C16H12O2S/c17-16-14-9-5-4-6-12(14)10-11-15(16)19(18)13-7-2-1-3-8-13/h1-11,17H. The van der Waals surface area contributed by atoms with Crippen molar-refractivity contribution in [2.75, 3.05) is 0 Å². The summed E-state index contributed by atoms with van der Waals surface area (Å²) in [5.41, 5.74) is 0. The summed E-state index contributed by atoms with van der Waals surface area (Å²) in [4.78, 5) is 1.14. The van der Waals surface area contributed by atoms with Crippen molar-refractivity contribution in [1.82, 2.24) is 0 Å². The normalized spacial score (nSPS) is 12.4. The number of fused-ring (bicyclic) bond motifs is 1. The second-order valence-electron chi connectivity index (χ2n) is 4.22. The van der Waals surface area contributed by atoms with E-state index in [1.807, 2.05) is 48.5 Å². The minimum Gasteiger partial charge on any atom is -0.506 e. The Kier molecular flexibility index (Phi) is 3.05. The molecule has 0 spiro atoms. The molecule has 3 aromatic rings. The molecule has 0 aliphatic rings. The van der Waals surface area contributed by atoms with Crippen LogP contribution in [0.2, 0.25) is 0 Å². The molecule has 0 radical (unpaired) electrons. The van der Waals surface area contributed by atoms with E-state index in [-0.39, 0.29) is 5.75 Å². The first-order chi connectivity index (χ1) is 9.27. The fourth-order valence-electron chi connectivity index (χ4n) is 2.06. The Balaban J connectivity index is 2.16. The first kappa shape index (κ1) is 11.9. The second kappa shape index (κ2) is 4.86. The number of phenols is 1. The van der Waals surface area contributed by atoms with E-state index in [1.54, 1.807) is 18.2 Å². The lowest BCUT2D eigenvalue weighted by molar-refractivity contribution is 0.468. The molecule has 0 fully saturated rings. The van der Waals surface area contributed by atoms with Crippen LogP contribution in [0.3, 0.4) is 0 Å². The largest absolute Gasteiger partial charge is 0.506 e. The van der Waals surface area contributed by atoms with E-state index in [4.69, 9.17) is 0 Å². The maximum atomic E-state index is 12.5. The van der Waals surface area contributed by atoms with E-state index in [0.717, 1.165) is 10.8 Å². The van der Waals surface area contributed by atoms with Gasteiger partial charge in [-0.2, -0.15) is 0 Å². The highest BCUT2D eigenvalue weighted by Crippen LogP contribution is 2.32. The molecule has 0 aliphatic heterocycles. The molecule has 1 N–H and O–H groups in total. The van der Waals surface area contributed by atoms with Crippen molar-refractivity contribution in [3.63, 3.8) is 0 Å². The lowest BCUT2D eigenvalue weighted by Gasteiger charge is -2.07. The third-order valence-corrected chi connectivity index (χ3v) is 4.45. The highest BCUT2D eigenvalue weighted by Gasteiger charge is 2.13. The van der Waals surface area contributed by atoms with Crippen LogP contribution in [-0.4, -0.2) is 9.32 Å². The molecule has 1 unspecified atom stereocenters. The van der Waals surface area contributed by atoms with E-state index >= 15 is 0 Å². The molecule has 2 nitrogen and oxygen atoms in total. The van der Waals surface area contributed by atoms with Crippen molar-refractivity contribution in [2.24, 2.45) is 0 Å². The van der Waals surface area contributed by atoms with Gasteiger partial charge in [0, 0.05) is 10.3 Å². The molecule has 1 atom stereocenters. The molecule has 0 aromatic heterocycles. The molecule has 0 saturated carbocycles. The lowest BCUT2D eigenvalue weighted by atomic mass is 10.1. The number of benzene rings is 3. The van der Waals surface area contributed by atoms with Crippen LogP contribution in [0.1, 0.15) is 0 Å². The third kappa shape index (κ3) is 2.13. The van der Waals surface area contributed by atoms with Crippen LogP contribution in [0, 0.1) is 0 Å². The quantitative estimate of drug-likeness (QED) is 0.769. The number of hydrogen-bond acceptors (Lipinski definition) is 2. The Hall–Kier alpha value is -2.13. The molecule has 19 heavy (non-hydrogen) atoms. The minimum atomic E-state index is -1.36. The highest BCUT2D eigenvalue weighted by atomic mass is 32.2. The van der Waals surface area contributed by atoms with E-state index in [2.05, 4.69) is 0 Å². The predicted molar refractivity (Wildman–Crippen MR) is 76.7 cm³/mol. The molecular weight excluding hydrogens is 256 g/mol. The second-order valence-corrected chi connectivity index (χ2v) is 5.66. The van der Waals surface area contributed by atoms with Gasteiger partial charge in [0.05, 0.1) is 15.7 Å². The molecule has 94 valence electrons. The zero-order valence-corrected chi connectivity index (χ0v) is 10.9. The van der Waals surface area contributed by atoms with Crippen molar-refractivity contribution in [3.8, 4) is 5.75 Å². The first-order valence-corrected chi connectivity index (χ1v) is 7.10. The Bertz CT molecular complexity index is 751. The summed E-state index contributed by atoms with van der Waals surface area (Å²) in [6, 6.07) is 20.3. The number of rotatable bonds is 2. The van der Waals surface area contributed by atoms with Crippen molar-refractivity contribution in [2.45, 2.75) is 9.79 Å². The predicted octanol–water partition coefficient (Wildman–Crippen LogP) is 3.71. The summed E-state index contributed by atoms with van der Waals surface area (Å²) in [7, 11) is -1.36. The van der Waals surface area contributed by atoms with Crippen molar-refractivity contribution in [1.29, 1.82) is 0 Å². The zero-order valence-electron chi connectivity index (χ0n) is 10.1. The van der Waals surface area contributed by atoms with Crippen LogP contribution in [-0.2, 0) is 10.8 Å². The fraction of sp³-hybridized carbons (Fsp3) is 0. The summed E-state index contributed by atoms with van der Waals surface area (Å²) < 4.78 is 12.5. The van der Waals surface area contributed by atoms with Gasteiger partial charge in [0.1, 0.15) is 5.75 Å². The molecule has 0 heterocycles. The van der Waals surface area contributed by atoms with Gasteiger partial charge >= 0.3 is 0 Å². The molecule has 3 rings (SSSR count). The monoisotopic (exact) mass is 268 g/mol. The highest BCUT2D eigenvalue weighted by molar-refractivity contribution is 7.85. The van der Waals surface area contributed by atoms with Crippen LogP contribution in [0.5, 0.6) is 5.75 Å². The Morgan fingerprint density at radius 3 is 2.26 bits per heavy atom. The first-order valence-electron chi connectivity index (χ1n) is 5.95. The van der Waals surface area contributed by atoms with E-state index in [0.29, 0.717) is 9.79 Å². The SMILES string of the molecule is O=S(c1ccccc1)c1ccc2ccccc2c1O. The summed E-state index contributed by atoms with van der Waals surface area (Å²) >= 11 is 0. The number of aromatic hydroxyl groups is 1. The third-order valence-electron chi connectivity index (χ3n) is 3.02. The van der Waals surface area contributed by atoms with Gasteiger partial charge in [0.2, 0.25) is 0 Å². The van der Waals surface area contributed by atoms with E-state index in [9.17, 15) is 9.32 Å². The Morgan fingerprint density at radius 1 is 0.789 bits per heavy atom. The van der Waals surface area contributed by atoms with Crippen LogP contribution in [0.4, 0.5) is 0 Å². The van der Waals surface area contributed by atoms with Gasteiger partial charge in [-0.25, -0.2) is 4.21 Å². The molecule has 0 amide bonds. The molecule has 0 aliphatic carbocycles. The number of phenolic OH excluding ortho intramolecular Hbond substituents is 1. The van der Waals surface area contributed by atoms with Gasteiger partial charge in [-0.15, -0.1) is 0 Å². The Morgan fingerprint density at radius 2 is 1.47 bits per heavy atom. The molecule has 3 heteroatoms. The van der Waals surface area contributed by atoms with Crippen LogP contribution in [0.15, 0.2) is 76.5 Å². The van der Waals surface area contributed by atoms with E-state index < -0.39 is 10.8 Å². The van der Waals surface area contributed by atoms with Gasteiger partial charge in [-0.1, -0.05) is 48.5 Å². The lowest BCUT2D eigenvalue weighted by Crippen LogP contribution is -1.93. The average Bonchev–Trinajstić information content (AvgIpc) is 2.48. The average molecular weight is 268 g/mol. The zero-order chi connectivity index (χ0) is 13.2. The smallest absolute Gasteiger partial charge is 0.139 e. The van der Waals surface area contributed by atoms with Crippen LogP contribution >= 0.6 is 0 Å². The maximum Gasteiger partial charge on any atom is 0.139 e. The number of hydrogen-bond donors (Lipinski definition) is 1. The summed E-state index contributed by atoms with van der Waals surface area (Å²) in [6.45, 7) is 0. The minimum absolute atomic E-state index is 0.0975. The molecule has 3 aromatic carbocycles. The molecule has 0 bridgehead atoms. The molecule has 0 saturated heterocycles. The van der Waals surface area contributed by atoms with Gasteiger partial charge in [-0.05, 0) is 23.6 Å². The summed E-state index contributed by atoms with van der Waals surface area (Å²) in [6.07, 6.45) is 0. The molecular formula is C16H12O2S. The summed E-state index contributed by atoms with van der Waals surface area (Å²) in [5, 5.41) is 12.0.